The monoisotopic (exact) mass is 505 g/mol. The van der Waals surface area contributed by atoms with Gasteiger partial charge in [-0.1, -0.05) is 17.7 Å². The highest BCUT2D eigenvalue weighted by Crippen LogP contribution is 2.26. The van der Waals surface area contributed by atoms with Gasteiger partial charge in [0, 0.05) is 53.5 Å². The van der Waals surface area contributed by atoms with E-state index in [2.05, 4.69) is 15.8 Å². The molecule has 33 heavy (non-hydrogen) atoms. The molecule has 0 amide bonds. The van der Waals surface area contributed by atoms with Gasteiger partial charge in [0.1, 0.15) is 0 Å². The molecule has 0 saturated carbocycles. The van der Waals surface area contributed by atoms with E-state index in [1.165, 1.54) is 4.31 Å². The second-order valence-corrected chi connectivity index (χ2v) is 10.4. The van der Waals surface area contributed by atoms with Crippen LogP contribution in [0.3, 0.4) is 0 Å². The maximum atomic E-state index is 13.1. The molecule has 0 atom stereocenters. The zero-order valence-electron chi connectivity index (χ0n) is 18.2. The molecule has 0 spiro atoms. The molecule has 1 aromatic heterocycles. The number of nitrogens with one attached hydrogen (secondary N) is 2. The van der Waals surface area contributed by atoms with Crippen molar-refractivity contribution in [1.29, 1.82) is 0 Å². The van der Waals surface area contributed by atoms with Gasteiger partial charge in [-0.15, -0.1) is 0 Å². The number of thiocarbonyl (C=S) groups is 1. The number of hydrogen-bond donors (Lipinski definition) is 2. The molecule has 0 radical (unpaired) electrons. The smallest absolute Gasteiger partial charge is 0.243 e. The van der Waals surface area contributed by atoms with E-state index in [0.29, 0.717) is 36.4 Å². The summed E-state index contributed by atoms with van der Waals surface area (Å²) in [5, 5.41) is 9.04. The zero-order chi connectivity index (χ0) is 23.6. The number of anilines is 1. The molecule has 0 bridgehead atoms. The SMILES string of the molecule is Cc1c(Cl)cccc1NC(=S)N/N=C\c1cn(C)c2ccc(S(=O)(=O)N3CCOCC3)cc12. The van der Waals surface area contributed by atoms with E-state index in [4.69, 9.17) is 28.6 Å². The fraction of sp³-hybridized carbons (Fsp3) is 0.273. The molecule has 4 rings (SSSR count). The number of fused-ring (bicyclic) bond motifs is 1. The number of hydrogen-bond acceptors (Lipinski definition) is 5. The number of aryl methyl sites for hydroxylation is 1. The first kappa shape index (κ1) is 23.7. The summed E-state index contributed by atoms with van der Waals surface area (Å²) in [6, 6.07) is 10.7. The third-order valence-corrected chi connectivity index (χ3v) is 7.98. The summed E-state index contributed by atoms with van der Waals surface area (Å²) >= 11 is 11.5. The van der Waals surface area contributed by atoms with Crippen LogP contribution >= 0.6 is 23.8 Å². The predicted molar refractivity (Wildman–Crippen MR) is 136 cm³/mol. The molecule has 2 N–H and O–H groups in total. The summed E-state index contributed by atoms with van der Waals surface area (Å²) in [4.78, 5) is 0.249. The van der Waals surface area contributed by atoms with Crippen molar-refractivity contribution < 1.29 is 13.2 Å². The first-order valence-electron chi connectivity index (χ1n) is 10.3. The highest BCUT2D eigenvalue weighted by molar-refractivity contribution is 7.89. The normalized spacial score (nSPS) is 15.2. The molecule has 2 heterocycles. The van der Waals surface area contributed by atoms with Crippen LogP contribution in [0.15, 0.2) is 52.6 Å². The molecule has 8 nitrogen and oxygen atoms in total. The quantitative estimate of drug-likeness (QED) is 0.313. The lowest BCUT2D eigenvalue weighted by Gasteiger charge is -2.26. The lowest BCUT2D eigenvalue weighted by atomic mass is 10.2. The standard InChI is InChI=1S/C22H24ClN5O3S2/c1-15-19(23)4-3-5-20(15)25-22(32)26-24-13-16-14-27(2)21-7-6-17(12-18(16)21)33(29,30)28-8-10-31-11-9-28/h3-7,12-14H,8-11H2,1-2H3,(H2,25,26,32)/b24-13-. The Kier molecular flexibility index (Phi) is 7.01. The highest BCUT2D eigenvalue weighted by atomic mass is 35.5. The van der Waals surface area contributed by atoms with Crippen LogP contribution in [-0.4, -0.2) is 54.9 Å². The number of hydrazone groups is 1. The summed E-state index contributed by atoms with van der Waals surface area (Å²) in [5.74, 6) is 0. The van der Waals surface area contributed by atoms with Crippen LogP contribution in [-0.2, 0) is 21.8 Å². The van der Waals surface area contributed by atoms with Crippen LogP contribution in [0.4, 0.5) is 5.69 Å². The Balaban J connectivity index is 1.54. The number of rotatable bonds is 5. The summed E-state index contributed by atoms with van der Waals surface area (Å²) in [6.45, 7) is 3.40. The van der Waals surface area contributed by atoms with Gasteiger partial charge in [-0.2, -0.15) is 9.41 Å². The molecular weight excluding hydrogens is 482 g/mol. The van der Waals surface area contributed by atoms with E-state index in [0.717, 1.165) is 27.7 Å². The van der Waals surface area contributed by atoms with Gasteiger partial charge in [0.25, 0.3) is 0 Å². The van der Waals surface area contributed by atoms with Crippen LogP contribution in [0.25, 0.3) is 10.9 Å². The van der Waals surface area contributed by atoms with E-state index in [1.54, 1.807) is 18.3 Å². The molecule has 1 fully saturated rings. The lowest BCUT2D eigenvalue weighted by Crippen LogP contribution is -2.40. The van der Waals surface area contributed by atoms with Crippen molar-refractivity contribution in [1.82, 2.24) is 14.3 Å². The molecule has 1 aliphatic heterocycles. The Morgan fingerprint density at radius 1 is 1.24 bits per heavy atom. The first-order valence-corrected chi connectivity index (χ1v) is 12.5. The largest absolute Gasteiger partial charge is 0.379 e. The van der Waals surface area contributed by atoms with Crippen molar-refractivity contribution >= 4 is 61.8 Å². The van der Waals surface area contributed by atoms with Crippen molar-refractivity contribution in [3.05, 3.63) is 58.7 Å². The van der Waals surface area contributed by atoms with Crippen LogP contribution in [0, 0.1) is 6.92 Å². The minimum atomic E-state index is -3.59. The van der Waals surface area contributed by atoms with Gasteiger partial charge >= 0.3 is 0 Å². The summed E-state index contributed by atoms with van der Waals surface area (Å²) in [7, 11) is -1.69. The topological polar surface area (TPSA) is 88.0 Å². The molecule has 2 aromatic carbocycles. The molecular formula is C22H24ClN5O3S2. The molecule has 1 saturated heterocycles. The summed E-state index contributed by atoms with van der Waals surface area (Å²) < 4.78 is 34.8. The molecule has 0 aliphatic carbocycles. The van der Waals surface area contributed by atoms with Crippen molar-refractivity contribution in [2.75, 3.05) is 31.6 Å². The predicted octanol–water partition coefficient (Wildman–Crippen LogP) is 3.48. The Morgan fingerprint density at radius 2 is 2.00 bits per heavy atom. The van der Waals surface area contributed by atoms with Crippen LogP contribution in [0.2, 0.25) is 5.02 Å². The summed E-state index contributed by atoms with van der Waals surface area (Å²) in [5.41, 5.74) is 6.13. The number of ether oxygens (including phenoxy) is 1. The molecule has 11 heteroatoms. The number of benzene rings is 2. The average molecular weight is 506 g/mol. The third kappa shape index (κ3) is 5.04. The van der Waals surface area contributed by atoms with Crippen molar-refractivity contribution in [2.24, 2.45) is 12.1 Å². The molecule has 174 valence electrons. The molecule has 1 aliphatic rings. The fourth-order valence-corrected chi connectivity index (χ4v) is 5.43. The minimum Gasteiger partial charge on any atom is -0.379 e. The second-order valence-electron chi connectivity index (χ2n) is 7.63. The number of halogens is 1. The summed E-state index contributed by atoms with van der Waals surface area (Å²) in [6.07, 6.45) is 3.50. The van der Waals surface area contributed by atoms with E-state index < -0.39 is 10.0 Å². The number of sulfonamides is 1. The van der Waals surface area contributed by atoms with E-state index >= 15 is 0 Å². The van der Waals surface area contributed by atoms with Crippen LogP contribution in [0.1, 0.15) is 11.1 Å². The number of aromatic nitrogens is 1. The molecule has 0 unspecified atom stereocenters. The Labute approximate surface area is 203 Å². The average Bonchev–Trinajstić information content (AvgIpc) is 3.12. The van der Waals surface area contributed by atoms with Gasteiger partial charge < -0.3 is 14.6 Å². The van der Waals surface area contributed by atoms with Gasteiger partial charge in [-0.25, -0.2) is 8.42 Å². The Hall–Kier alpha value is -2.50. The fourth-order valence-electron chi connectivity index (χ4n) is 3.65. The van der Waals surface area contributed by atoms with Crippen LogP contribution < -0.4 is 10.7 Å². The van der Waals surface area contributed by atoms with Crippen molar-refractivity contribution in [3.8, 4) is 0 Å². The zero-order valence-corrected chi connectivity index (χ0v) is 20.6. The van der Waals surface area contributed by atoms with E-state index in [-0.39, 0.29) is 4.90 Å². The third-order valence-electron chi connectivity index (χ3n) is 5.49. The minimum absolute atomic E-state index is 0.249. The highest BCUT2D eigenvalue weighted by Gasteiger charge is 2.26. The Bertz CT molecular complexity index is 1330. The van der Waals surface area contributed by atoms with Gasteiger partial charge in [0.15, 0.2) is 5.11 Å². The van der Waals surface area contributed by atoms with E-state index in [9.17, 15) is 8.42 Å². The van der Waals surface area contributed by atoms with Gasteiger partial charge in [-0.05, 0) is 55.0 Å². The van der Waals surface area contributed by atoms with Gasteiger partial charge in [0.2, 0.25) is 10.0 Å². The maximum Gasteiger partial charge on any atom is 0.243 e. The lowest BCUT2D eigenvalue weighted by molar-refractivity contribution is 0.0730. The van der Waals surface area contributed by atoms with Crippen molar-refractivity contribution in [3.63, 3.8) is 0 Å². The van der Waals surface area contributed by atoms with E-state index in [1.807, 2.05) is 49.0 Å². The second kappa shape index (κ2) is 9.78. The number of nitrogens with zero attached hydrogens (tertiary/aromatic N) is 3. The maximum absolute atomic E-state index is 13.1. The Morgan fingerprint density at radius 3 is 2.76 bits per heavy atom. The first-order chi connectivity index (χ1) is 15.8. The molecule has 3 aromatic rings. The van der Waals surface area contributed by atoms with Crippen molar-refractivity contribution in [2.45, 2.75) is 11.8 Å². The van der Waals surface area contributed by atoms with Gasteiger partial charge in [0.05, 0.1) is 24.3 Å². The number of morpholine rings is 1. The van der Waals surface area contributed by atoms with Gasteiger partial charge in [-0.3, -0.25) is 5.43 Å². The van der Waals surface area contributed by atoms with Crippen LogP contribution in [0.5, 0.6) is 0 Å².